The van der Waals surface area contributed by atoms with Gasteiger partial charge in [-0.3, -0.25) is 4.79 Å². The van der Waals surface area contributed by atoms with Crippen LogP contribution < -0.4 is 5.32 Å². The van der Waals surface area contributed by atoms with E-state index in [1.807, 2.05) is 26.2 Å². The second-order valence-corrected chi connectivity index (χ2v) is 5.23. The minimum absolute atomic E-state index is 0.0486. The molecule has 0 bridgehead atoms. The molecule has 2 N–H and O–H groups in total. The van der Waals surface area contributed by atoms with E-state index in [1.54, 1.807) is 17.4 Å². The Morgan fingerprint density at radius 1 is 1.65 bits per heavy atom. The highest BCUT2D eigenvalue weighted by Crippen LogP contribution is 2.09. The molecule has 0 aliphatic rings. The molecule has 0 spiro atoms. The molecule has 1 aromatic heterocycles. The quantitative estimate of drug-likeness (QED) is 0.785. The van der Waals surface area contributed by atoms with Crippen LogP contribution in [0.4, 0.5) is 0 Å². The fourth-order valence-corrected chi connectivity index (χ4v) is 1.85. The van der Waals surface area contributed by atoms with Gasteiger partial charge in [-0.15, -0.1) is 11.3 Å². The number of aromatic nitrogens is 1. The van der Waals surface area contributed by atoms with Crippen molar-refractivity contribution in [3.05, 3.63) is 22.2 Å². The number of aliphatic hydroxyl groups is 1. The van der Waals surface area contributed by atoms with Crippen molar-refractivity contribution in [1.82, 2.24) is 10.3 Å². The lowest BCUT2D eigenvalue weighted by molar-refractivity contribution is -0.117. The predicted octanol–water partition coefficient (Wildman–Crippen LogP) is 1.60. The Labute approximate surface area is 105 Å². The standard InChI is InChI=1S/C12H18N2O2S/c1-8(2)11(6-15)14-12(16)5-4-10-7-17-9(3)13-10/h4-5,7-8,11,15H,6H2,1-3H3,(H,14,16)/t11-/m1/s1. The zero-order chi connectivity index (χ0) is 12.8. The number of carbonyl (C=O) groups is 1. The zero-order valence-corrected chi connectivity index (χ0v) is 11.1. The van der Waals surface area contributed by atoms with E-state index in [9.17, 15) is 4.79 Å². The summed E-state index contributed by atoms with van der Waals surface area (Å²) in [5.74, 6) is 0.00210. The number of aliphatic hydroxyl groups excluding tert-OH is 1. The summed E-state index contributed by atoms with van der Waals surface area (Å²) in [5.41, 5.74) is 0.785. The van der Waals surface area contributed by atoms with Crippen LogP contribution in [-0.4, -0.2) is 28.6 Å². The van der Waals surface area contributed by atoms with Crippen molar-refractivity contribution < 1.29 is 9.90 Å². The number of aryl methyl sites for hydroxylation is 1. The molecule has 0 aromatic carbocycles. The third kappa shape index (κ3) is 4.66. The van der Waals surface area contributed by atoms with E-state index in [0.717, 1.165) is 10.7 Å². The minimum atomic E-state index is -0.205. The van der Waals surface area contributed by atoms with Crippen molar-refractivity contribution in [3.63, 3.8) is 0 Å². The normalized spacial score (nSPS) is 13.2. The molecule has 0 saturated carbocycles. The van der Waals surface area contributed by atoms with Crippen molar-refractivity contribution in [2.45, 2.75) is 26.8 Å². The molecule has 0 saturated heterocycles. The van der Waals surface area contributed by atoms with Gasteiger partial charge in [-0.25, -0.2) is 4.98 Å². The molecule has 1 aromatic rings. The highest BCUT2D eigenvalue weighted by atomic mass is 32.1. The molecule has 0 radical (unpaired) electrons. The highest BCUT2D eigenvalue weighted by Gasteiger charge is 2.13. The molecule has 0 aliphatic heterocycles. The molecule has 17 heavy (non-hydrogen) atoms. The van der Waals surface area contributed by atoms with E-state index in [2.05, 4.69) is 10.3 Å². The topological polar surface area (TPSA) is 62.2 Å². The van der Waals surface area contributed by atoms with Gasteiger partial charge in [0.05, 0.1) is 23.4 Å². The van der Waals surface area contributed by atoms with Crippen LogP contribution >= 0.6 is 11.3 Å². The summed E-state index contributed by atoms with van der Waals surface area (Å²) in [6.07, 6.45) is 3.12. The smallest absolute Gasteiger partial charge is 0.244 e. The third-order valence-corrected chi connectivity index (χ3v) is 3.16. The van der Waals surface area contributed by atoms with Gasteiger partial charge in [0.15, 0.2) is 0 Å². The monoisotopic (exact) mass is 254 g/mol. The van der Waals surface area contributed by atoms with Crippen molar-refractivity contribution >= 4 is 23.3 Å². The molecule has 1 amide bonds. The number of rotatable bonds is 5. The zero-order valence-electron chi connectivity index (χ0n) is 10.3. The Kier molecular flexibility index (Phi) is 5.31. The largest absolute Gasteiger partial charge is 0.394 e. The van der Waals surface area contributed by atoms with E-state index < -0.39 is 0 Å². The summed E-state index contributed by atoms with van der Waals surface area (Å²) in [5, 5.41) is 14.7. The lowest BCUT2D eigenvalue weighted by atomic mass is 10.1. The van der Waals surface area contributed by atoms with Crippen molar-refractivity contribution in [3.8, 4) is 0 Å². The maximum absolute atomic E-state index is 11.6. The number of hydrogen-bond acceptors (Lipinski definition) is 4. The van der Waals surface area contributed by atoms with Gasteiger partial charge >= 0.3 is 0 Å². The van der Waals surface area contributed by atoms with Gasteiger partial charge in [0.1, 0.15) is 0 Å². The van der Waals surface area contributed by atoms with E-state index in [0.29, 0.717) is 0 Å². The van der Waals surface area contributed by atoms with Gasteiger partial charge in [-0.05, 0) is 18.9 Å². The number of hydrogen-bond donors (Lipinski definition) is 2. The molecule has 4 nitrogen and oxygen atoms in total. The Hall–Kier alpha value is -1.20. The summed E-state index contributed by atoms with van der Waals surface area (Å²) in [6, 6.07) is -0.204. The molecule has 0 fully saturated rings. The molecular formula is C12H18N2O2S. The molecule has 0 aliphatic carbocycles. The van der Waals surface area contributed by atoms with Crippen molar-refractivity contribution in [2.24, 2.45) is 5.92 Å². The van der Waals surface area contributed by atoms with Crippen molar-refractivity contribution in [1.29, 1.82) is 0 Å². The van der Waals surface area contributed by atoms with Crippen molar-refractivity contribution in [2.75, 3.05) is 6.61 Å². The van der Waals surface area contributed by atoms with Gasteiger partial charge in [0, 0.05) is 11.5 Å². The van der Waals surface area contributed by atoms with Crippen LogP contribution in [0, 0.1) is 12.8 Å². The average molecular weight is 254 g/mol. The summed E-state index contributed by atoms with van der Waals surface area (Å²) < 4.78 is 0. The molecule has 1 atom stereocenters. The molecule has 5 heteroatoms. The first-order valence-corrected chi connectivity index (χ1v) is 6.42. The van der Waals surface area contributed by atoms with Crippen LogP contribution in [0.15, 0.2) is 11.5 Å². The van der Waals surface area contributed by atoms with Crippen LogP contribution in [-0.2, 0) is 4.79 Å². The lowest BCUT2D eigenvalue weighted by Crippen LogP contribution is -2.40. The number of thiazole rings is 1. The van der Waals surface area contributed by atoms with E-state index in [1.165, 1.54) is 6.08 Å². The molecule has 0 unspecified atom stereocenters. The molecule has 1 rings (SSSR count). The van der Waals surface area contributed by atoms with Gasteiger partial charge in [0.2, 0.25) is 5.91 Å². The van der Waals surface area contributed by atoms with Crippen LogP contribution in [0.5, 0.6) is 0 Å². The second kappa shape index (κ2) is 6.51. The number of carbonyl (C=O) groups excluding carboxylic acids is 1. The van der Waals surface area contributed by atoms with Crippen LogP contribution in [0.3, 0.4) is 0 Å². The third-order valence-electron chi connectivity index (χ3n) is 2.37. The Morgan fingerprint density at radius 2 is 2.35 bits per heavy atom. The Balaban J connectivity index is 2.52. The van der Waals surface area contributed by atoms with E-state index >= 15 is 0 Å². The lowest BCUT2D eigenvalue weighted by Gasteiger charge is -2.18. The molecule has 94 valence electrons. The first kappa shape index (κ1) is 13.9. The number of nitrogens with zero attached hydrogens (tertiary/aromatic N) is 1. The van der Waals surface area contributed by atoms with E-state index in [4.69, 9.17) is 5.11 Å². The first-order valence-electron chi connectivity index (χ1n) is 5.54. The predicted molar refractivity (Wildman–Crippen MR) is 69.7 cm³/mol. The first-order chi connectivity index (χ1) is 8.02. The van der Waals surface area contributed by atoms with Gasteiger partial charge in [-0.1, -0.05) is 13.8 Å². The maximum Gasteiger partial charge on any atom is 0.244 e. The summed E-state index contributed by atoms with van der Waals surface area (Å²) in [7, 11) is 0. The Morgan fingerprint density at radius 3 is 2.82 bits per heavy atom. The minimum Gasteiger partial charge on any atom is -0.394 e. The average Bonchev–Trinajstić information content (AvgIpc) is 2.68. The SMILES string of the molecule is Cc1nc(C=CC(=O)N[C@H](CO)C(C)C)cs1. The second-order valence-electron chi connectivity index (χ2n) is 4.17. The Bertz CT molecular complexity index is 399. The van der Waals surface area contributed by atoms with Gasteiger partial charge in [0.25, 0.3) is 0 Å². The van der Waals surface area contributed by atoms with Crippen LogP contribution in [0.1, 0.15) is 24.5 Å². The molecule has 1 heterocycles. The van der Waals surface area contributed by atoms with Gasteiger partial charge in [-0.2, -0.15) is 0 Å². The summed E-state index contributed by atoms with van der Waals surface area (Å²) in [6.45, 7) is 5.78. The van der Waals surface area contributed by atoms with Crippen LogP contribution in [0.25, 0.3) is 6.08 Å². The number of amides is 1. The van der Waals surface area contributed by atoms with Crippen LogP contribution in [0.2, 0.25) is 0 Å². The van der Waals surface area contributed by atoms with Gasteiger partial charge < -0.3 is 10.4 Å². The highest BCUT2D eigenvalue weighted by molar-refractivity contribution is 7.09. The fourth-order valence-electron chi connectivity index (χ4n) is 1.27. The number of nitrogens with one attached hydrogen (secondary N) is 1. The summed E-state index contributed by atoms with van der Waals surface area (Å²) >= 11 is 1.55. The van der Waals surface area contributed by atoms with E-state index in [-0.39, 0.29) is 24.5 Å². The summed E-state index contributed by atoms with van der Waals surface area (Å²) in [4.78, 5) is 15.8. The maximum atomic E-state index is 11.6. The molecular weight excluding hydrogens is 236 g/mol. The fraction of sp³-hybridized carbons (Fsp3) is 0.500.